The zero-order valence-electron chi connectivity index (χ0n) is 12.1. The fourth-order valence-electron chi connectivity index (χ4n) is 3.90. The molecule has 4 heteroatoms. The highest BCUT2D eigenvalue weighted by molar-refractivity contribution is 5.93. The molecule has 1 saturated heterocycles. The maximum absolute atomic E-state index is 12.6. The van der Waals surface area contributed by atoms with Gasteiger partial charge in [0, 0.05) is 36.2 Å². The summed E-state index contributed by atoms with van der Waals surface area (Å²) < 4.78 is 5.14. The van der Waals surface area contributed by atoms with E-state index < -0.39 is 5.41 Å². The number of hydrogen-bond donors (Lipinski definition) is 1. The molecule has 0 saturated carbocycles. The molecule has 2 bridgehead atoms. The molecule has 1 fully saturated rings. The monoisotopic (exact) mass is 282 g/mol. The van der Waals surface area contributed by atoms with Crippen molar-refractivity contribution in [2.75, 3.05) is 26.7 Å². The third-order valence-electron chi connectivity index (χ3n) is 4.93. The van der Waals surface area contributed by atoms with Gasteiger partial charge in [0.1, 0.15) is 5.41 Å². The fourth-order valence-corrected chi connectivity index (χ4v) is 3.90. The van der Waals surface area contributed by atoms with Gasteiger partial charge in [-0.15, -0.1) is 0 Å². The van der Waals surface area contributed by atoms with Gasteiger partial charge in [-0.1, -0.05) is 24.8 Å². The largest absolute Gasteiger partial charge is 0.468 e. The summed E-state index contributed by atoms with van der Waals surface area (Å²) in [6.45, 7) is 6.57. The number of ether oxygens (including phenoxy) is 1. The number of benzene rings is 1. The molecule has 4 rings (SSSR count). The van der Waals surface area contributed by atoms with Gasteiger partial charge >= 0.3 is 5.97 Å². The van der Waals surface area contributed by atoms with E-state index in [2.05, 4.69) is 28.6 Å². The number of nitrogens with zero attached hydrogens (tertiary/aromatic N) is 1. The van der Waals surface area contributed by atoms with Gasteiger partial charge in [-0.2, -0.15) is 0 Å². The minimum absolute atomic E-state index is 0.204. The van der Waals surface area contributed by atoms with Gasteiger partial charge in [-0.3, -0.25) is 9.69 Å². The quantitative estimate of drug-likeness (QED) is 0.643. The predicted molar refractivity (Wildman–Crippen MR) is 81.3 cm³/mol. The standard InChI is InChI=1S/C17H18N2O2/c1-11-9-19-8-7-13-12-5-3-4-6-14(12)18-15(13)17(11,10-19)16(20)21-2/h3-6,18H,1,7-10H2,2H3/t17-/m1/s1. The topological polar surface area (TPSA) is 45.3 Å². The normalized spacial score (nSPS) is 27.5. The van der Waals surface area contributed by atoms with Gasteiger partial charge < -0.3 is 9.72 Å². The van der Waals surface area contributed by atoms with Gasteiger partial charge in [0.15, 0.2) is 0 Å². The average Bonchev–Trinajstić information content (AvgIpc) is 2.97. The van der Waals surface area contributed by atoms with Gasteiger partial charge in [0.25, 0.3) is 0 Å². The van der Waals surface area contributed by atoms with E-state index in [1.165, 1.54) is 18.1 Å². The van der Waals surface area contributed by atoms with Crippen molar-refractivity contribution in [1.82, 2.24) is 9.88 Å². The Morgan fingerprint density at radius 3 is 3.05 bits per heavy atom. The molecule has 2 atom stereocenters. The SMILES string of the molecule is C=C1CN2CCc3c([nH]c4ccccc34)[C@@]1(C(=O)OC)C2. The van der Waals surface area contributed by atoms with Crippen LogP contribution in [0.4, 0.5) is 0 Å². The van der Waals surface area contributed by atoms with Crippen LogP contribution in [0.1, 0.15) is 11.3 Å². The minimum Gasteiger partial charge on any atom is -0.468 e. The molecule has 0 aliphatic carbocycles. The molecule has 3 heterocycles. The zero-order valence-corrected chi connectivity index (χ0v) is 12.1. The number of hydrogen-bond acceptors (Lipinski definition) is 3. The van der Waals surface area contributed by atoms with Gasteiger partial charge in [-0.25, -0.2) is 0 Å². The lowest BCUT2D eigenvalue weighted by Crippen LogP contribution is -2.40. The molecule has 0 radical (unpaired) electrons. The van der Waals surface area contributed by atoms with Crippen molar-refractivity contribution < 1.29 is 9.53 Å². The summed E-state index contributed by atoms with van der Waals surface area (Å²) in [7, 11) is 1.46. The number of esters is 1. The smallest absolute Gasteiger partial charge is 0.323 e. The van der Waals surface area contributed by atoms with Crippen molar-refractivity contribution in [2.45, 2.75) is 11.8 Å². The summed E-state index contributed by atoms with van der Waals surface area (Å²) >= 11 is 0. The first-order valence-corrected chi connectivity index (χ1v) is 7.26. The Balaban J connectivity index is 2.05. The summed E-state index contributed by atoms with van der Waals surface area (Å²) in [6, 6.07) is 8.23. The number of aromatic amines is 1. The first-order valence-electron chi connectivity index (χ1n) is 7.26. The molecule has 0 amide bonds. The Kier molecular flexibility index (Phi) is 2.54. The minimum atomic E-state index is -0.737. The molecule has 1 unspecified atom stereocenters. The highest BCUT2D eigenvalue weighted by Crippen LogP contribution is 2.44. The highest BCUT2D eigenvalue weighted by Gasteiger charge is 2.53. The maximum atomic E-state index is 12.6. The third-order valence-corrected chi connectivity index (χ3v) is 4.93. The lowest BCUT2D eigenvalue weighted by atomic mass is 9.78. The Morgan fingerprint density at radius 2 is 2.24 bits per heavy atom. The molecule has 0 spiro atoms. The molecule has 2 aliphatic rings. The molecular weight excluding hydrogens is 264 g/mol. The van der Waals surface area contributed by atoms with E-state index >= 15 is 0 Å². The van der Waals surface area contributed by atoms with Crippen LogP contribution in [0.5, 0.6) is 0 Å². The van der Waals surface area contributed by atoms with Crippen molar-refractivity contribution in [2.24, 2.45) is 0 Å². The molecule has 21 heavy (non-hydrogen) atoms. The zero-order chi connectivity index (χ0) is 14.6. The van der Waals surface area contributed by atoms with Crippen LogP contribution in [-0.4, -0.2) is 42.6 Å². The van der Waals surface area contributed by atoms with Crippen LogP contribution < -0.4 is 0 Å². The predicted octanol–water partition coefficient (Wildman–Crippen LogP) is 2.01. The Hall–Kier alpha value is -2.07. The number of nitrogens with one attached hydrogen (secondary N) is 1. The summed E-state index contributed by atoms with van der Waals surface area (Å²) in [6.07, 6.45) is 0.950. The van der Waals surface area contributed by atoms with Crippen LogP contribution in [0.15, 0.2) is 36.4 Å². The molecule has 4 nitrogen and oxygen atoms in total. The number of carbonyl (C=O) groups is 1. The number of fused-ring (bicyclic) bond motifs is 6. The average molecular weight is 282 g/mol. The fraction of sp³-hybridized carbons (Fsp3) is 0.353. The van der Waals surface area contributed by atoms with Crippen molar-refractivity contribution in [3.63, 3.8) is 0 Å². The Morgan fingerprint density at radius 1 is 1.43 bits per heavy atom. The summed E-state index contributed by atoms with van der Waals surface area (Å²) in [5.74, 6) is -0.204. The van der Waals surface area contributed by atoms with E-state index in [0.29, 0.717) is 6.54 Å². The molecule has 2 aromatic rings. The number of H-pyrrole nitrogens is 1. The van der Waals surface area contributed by atoms with Gasteiger partial charge in [-0.05, 0) is 23.6 Å². The number of rotatable bonds is 1. The second kappa shape index (κ2) is 4.21. The number of para-hydroxylation sites is 1. The van der Waals surface area contributed by atoms with Gasteiger partial charge in [0.05, 0.1) is 7.11 Å². The lowest BCUT2D eigenvalue weighted by molar-refractivity contribution is -0.145. The van der Waals surface area contributed by atoms with E-state index in [4.69, 9.17) is 4.74 Å². The van der Waals surface area contributed by atoms with E-state index in [1.807, 2.05) is 12.1 Å². The molecule has 1 aromatic heterocycles. The van der Waals surface area contributed by atoms with E-state index in [1.54, 1.807) is 0 Å². The first-order chi connectivity index (χ1) is 10.2. The van der Waals surface area contributed by atoms with Crippen molar-refractivity contribution >= 4 is 16.9 Å². The van der Waals surface area contributed by atoms with Crippen LogP contribution in [0.3, 0.4) is 0 Å². The second-order valence-electron chi connectivity index (χ2n) is 5.99. The van der Waals surface area contributed by atoms with Crippen LogP contribution in [0.2, 0.25) is 0 Å². The Labute approximate surface area is 123 Å². The van der Waals surface area contributed by atoms with Crippen LogP contribution >= 0.6 is 0 Å². The van der Waals surface area contributed by atoms with Crippen molar-refractivity contribution in [3.05, 3.63) is 47.7 Å². The van der Waals surface area contributed by atoms with E-state index in [9.17, 15) is 4.79 Å². The lowest BCUT2D eigenvalue weighted by Gasteiger charge is -2.26. The van der Waals surface area contributed by atoms with Crippen LogP contribution in [0, 0.1) is 0 Å². The Bertz CT molecular complexity index is 751. The number of methoxy groups -OCH3 is 1. The maximum Gasteiger partial charge on any atom is 0.323 e. The van der Waals surface area contributed by atoms with Crippen LogP contribution in [-0.2, 0) is 21.4 Å². The number of carbonyl (C=O) groups excluding carboxylic acids is 1. The molecule has 1 N–H and O–H groups in total. The summed E-state index contributed by atoms with van der Waals surface area (Å²) in [5, 5.41) is 1.21. The molecular formula is C17H18N2O2. The van der Waals surface area contributed by atoms with Crippen LogP contribution in [0.25, 0.3) is 10.9 Å². The van der Waals surface area contributed by atoms with Crippen molar-refractivity contribution in [3.8, 4) is 0 Å². The third kappa shape index (κ3) is 1.51. The second-order valence-corrected chi connectivity index (χ2v) is 5.99. The molecule has 1 aromatic carbocycles. The molecule has 2 aliphatic heterocycles. The molecule has 108 valence electrons. The van der Waals surface area contributed by atoms with E-state index in [-0.39, 0.29) is 5.97 Å². The van der Waals surface area contributed by atoms with Crippen molar-refractivity contribution in [1.29, 1.82) is 0 Å². The highest BCUT2D eigenvalue weighted by atomic mass is 16.5. The summed E-state index contributed by atoms with van der Waals surface area (Å²) in [5.41, 5.74) is 3.50. The van der Waals surface area contributed by atoms with Gasteiger partial charge in [0.2, 0.25) is 0 Å². The van der Waals surface area contributed by atoms with E-state index in [0.717, 1.165) is 36.3 Å². The number of aromatic nitrogens is 1. The first kappa shape index (κ1) is 12.7. The summed E-state index contributed by atoms with van der Waals surface area (Å²) in [4.78, 5) is 18.4.